The summed E-state index contributed by atoms with van der Waals surface area (Å²) in [5.41, 5.74) is 6.40. The molecule has 0 bridgehead atoms. The lowest BCUT2D eigenvalue weighted by Crippen LogP contribution is -2.41. The van der Waals surface area contributed by atoms with Crippen molar-refractivity contribution in [2.45, 2.75) is 64.8 Å². The molecule has 1 amide bonds. The van der Waals surface area contributed by atoms with E-state index in [2.05, 4.69) is 18.7 Å². The lowest BCUT2D eigenvalue weighted by Gasteiger charge is -2.31. The maximum Gasteiger partial charge on any atom is 0.225 e. The first kappa shape index (κ1) is 13.9. The van der Waals surface area contributed by atoms with Gasteiger partial charge in [-0.15, -0.1) is 0 Å². The van der Waals surface area contributed by atoms with Gasteiger partial charge < -0.3 is 10.6 Å². The maximum atomic E-state index is 12.5. The van der Waals surface area contributed by atoms with Gasteiger partial charge in [-0.3, -0.25) is 4.79 Å². The molecule has 0 aromatic carbocycles. The van der Waals surface area contributed by atoms with Crippen LogP contribution < -0.4 is 5.73 Å². The van der Waals surface area contributed by atoms with Crippen LogP contribution in [-0.4, -0.2) is 29.9 Å². The summed E-state index contributed by atoms with van der Waals surface area (Å²) < 4.78 is 0. The van der Waals surface area contributed by atoms with Crippen LogP contribution in [0.25, 0.3) is 0 Å². The first-order valence-corrected chi connectivity index (χ1v) is 7.52. The Bertz CT molecular complexity index is 301. The van der Waals surface area contributed by atoms with Gasteiger partial charge in [-0.25, -0.2) is 0 Å². The Balaban J connectivity index is 1.92. The molecular weight excluding hydrogens is 224 g/mol. The molecule has 2 rings (SSSR count). The molecule has 104 valence electrons. The van der Waals surface area contributed by atoms with Crippen molar-refractivity contribution in [1.82, 2.24) is 4.90 Å². The van der Waals surface area contributed by atoms with Gasteiger partial charge in [0.25, 0.3) is 0 Å². The summed E-state index contributed by atoms with van der Waals surface area (Å²) in [5, 5.41) is 0. The summed E-state index contributed by atoms with van der Waals surface area (Å²) in [4.78, 5) is 14.6. The average molecular weight is 252 g/mol. The average Bonchev–Trinajstić information content (AvgIpc) is 2.49. The number of likely N-dealkylation sites (tertiary alicyclic amines) is 1. The zero-order valence-corrected chi connectivity index (χ0v) is 12.0. The van der Waals surface area contributed by atoms with Gasteiger partial charge in [0.1, 0.15) is 0 Å². The molecule has 1 aliphatic heterocycles. The molecule has 2 fully saturated rings. The molecule has 0 aromatic rings. The van der Waals surface area contributed by atoms with Crippen LogP contribution in [0.3, 0.4) is 0 Å². The molecule has 3 nitrogen and oxygen atoms in total. The number of carbonyl (C=O) groups excluding carboxylic acids is 1. The summed E-state index contributed by atoms with van der Waals surface area (Å²) in [5.74, 6) is 0.581. The van der Waals surface area contributed by atoms with Crippen molar-refractivity contribution in [2.24, 2.45) is 17.1 Å². The highest BCUT2D eigenvalue weighted by Crippen LogP contribution is 2.31. The number of hydrogen-bond donors (Lipinski definition) is 1. The first-order chi connectivity index (χ1) is 8.48. The van der Waals surface area contributed by atoms with Gasteiger partial charge in [-0.1, -0.05) is 20.3 Å². The van der Waals surface area contributed by atoms with Gasteiger partial charge in [0, 0.05) is 25.0 Å². The van der Waals surface area contributed by atoms with E-state index in [1.54, 1.807) is 0 Å². The Kier molecular flexibility index (Phi) is 4.31. The molecular formula is C15H28N2O. The van der Waals surface area contributed by atoms with Crippen LogP contribution in [-0.2, 0) is 4.79 Å². The zero-order chi connectivity index (χ0) is 13.2. The fourth-order valence-corrected chi connectivity index (χ4v) is 3.35. The maximum absolute atomic E-state index is 12.5. The second kappa shape index (κ2) is 5.60. The number of nitrogens with two attached hydrogens (primary N) is 1. The number of amides is 1. The number of nitrogens with zero attached hydrogens (tertiary/aromatic N) is 1. The molecule has 1 aliphatic carbocycles. The SMILES string of the molecule is CC1(C)CCCN(C(=O)C2CCCC(N)C2)CC1. The van der Waals surface area contributed by atoms with E-state index in [4.69, 9.17) is 5.73 Å². The summed E-state index contributed by atoms with van der Waals surface area (Å²) in [6, 6.07) is 0.246. The van der Waals surface area contributed by atoms with Crippen molar-refractivity contribution in [3.05, 3.63) is 0 Å². The molecule has 1 saturated carbocycles. The van der Waals surface area contributed by atoms with Crippen molar-refractivity contribution in [3.63, 3.8) is 0 Å². The molecule has 1 saturated heterocycles. The van der Waals surface area contributed by atoms with Gasteiger partial charge in [-0.05, 0) is 43.9 Å². The highest BCUT2D eigenvalue weighted by Gasteiger charge is 2.31. The smallest absolute Gasteiger partial charge is 0.225 e. The van der Waals surface area contributed by atoms with E-state index >= 15 is 0 Å². The number of rotatable bonds is 1. The predicted octanol–water partition coefficient (Wildman–Crippen LogP) is 2.54. The van der Waals surface area contributed by atoms with E-state index in [9.17, 15) is 4.79 Å². The minimum Gasteiger partial charge on any atom is -0.342 e. The fourth-order valence-electron chi connectivity index (χ4n) is 3.35. The van der Waals surface area contributed by atoms with E-state index in [-0.39, 0.29) is 12.0 Å². The van der Waals surface area contributed by atoms with E-state index in [1.807, 2.05) is 0 Å². The summed E-state index contributed by atoms with van der Waals surface area (Å²) in [6.07, 6.45) is 7.69. The quantitative estimate of drug-likeness (QED) is 0.779. The zero-order valence-electron chi connectivity index (χ0n) is 12.0. The third kappa shape index (κ3) is 3.47. The van der Waals surface area contributed by atoms with Gasteiger partial charge >= 0.3 is 0 Å². The molecule has 0 spiro atoms. The van der Waals surface area contributed by atoms with Crippen molar-refractivity contribution >= 4 is 5.91 Å². The lowest BCUT2D eigenvalue weighted by molar-refractivity contribution is -0.136. The largest absolute Gasteiger partial charge is 0.342 e. The Morgan fingerprint density at radius 3 is 2.67 bits per heavy atom. The van der Waals surface area contributed by atoms with Gasteiger partial charge in [0.15, 0.2) is 0 Å². The molecule has 2 unspecified atom stereocenters. The molecule has 0 radical (unpaired) electrons. The lowest BCUT2D eigenvalue weighted by atomic mass is 9.85. The fraction of sp³-hybridized carbons (Fsp3) is 0.933. The Morgan fingerprint density at radius 2 is 1.94 bits per heavy atom. The van der Waals surface area contributed by atoms with Crippen LogP contribution in [0.5, 0.6) is 0 Å². The summed E-state index contributed by atoms with van der Waals surface area (Å²) in [7, 11) is 0. The minimum atomic E-state index is 0.204. The predicted molar refractivity (Wildman–Crippen MR) is 74.1 cm³/mol. The van der Waals surface area contributed by atoms with Crippen LogP contribution in [0.4, 0.5) is 0 Å². The van der Waals surface area contributed by atoms with Crippen molar-refractivity contribution in [2.75, 3.05) is 13.1 Å². The van der Waals surface area contributed by atoms with Gasteiger partial charge in [0.05, 0.1) is 0 Å². The highest BCUT2D eigenvalue weighted by molar-refractivity contribution is 5.79. The molecule has 2 aliphatic rings. The van der Waals surface area contributed by atoms with Crippen LogP contribution in [0, 0.1) is 11.3 Å². The number of hydrogen-bond acceptors (Lipinski definition) is 2. The van der Waals surface area contributed by atoms with Gasteiger partial charge in [-0.2, -0.15) is 0 Å². The Hall–Kier alpha value is -0.570. The minimum absolute atomic E-state index is 0.204. The second-order valence-electron chi connectivity index (χ2n) is 6.97. The second-order valence-corrected chi connectivity index (χ2v) is 6.97. The molecule has 0 aromatic heterocycles. The van der Waals surface area contributed by atoms with E-state index in [0.717, 1.165) is 51.6 Å². The van der Waals surface area contributed by atoms with Gasteiger partial charge in [0.2, 0.25) is 5.91 Å². The molecule has 2 N–H and O–H groups in total. The van der Waals surface area contributed by atoms with Crippen LogP contribution in [0.15, 0.2) is 0 Å². The number of carbonyl (C=O) groups is 1. The van der Waals surface area contributed by atoms with Crippen molar-refractivity contribution in [3.8, 4) is 0 Å². The third-order valence-corrected chi connectivity index (χ3v) is 4.72. The third-order valence-electron chi connectivity index (χ3n) is 4.72. The normalized spacial score (nSPS) is 32.9. The van der Waals surface area contributed by atoms with Crippen molar-refractivity contribution < 1.29 is 4.79 Å². The summed E-state index contributed by atoms with van der Waals surface area (Å²) >= 11 is 0. The molecule has 18 heavy (non-hydrogen) atoms. The summed E-state index contributed by atoms with van der Waals surface area (Å²) in [6.45, 7) is 6.53. The van der Waals surface area contributed by atoms with E-state index < -0.39 is 0 Å². The highest BCUT2D eigenvalue weighted by atomic mass is 16.2. The molecule has 1 heterocycles. The Labute approximate surface area is 111 Å². The van der Waals surface area contributed by atoms with Crippen LogP contribution in [0.2, 0.25) is 0 Å². The van der Waals surface area contributed by atoms with E-state index in [1.165, 1.54) is 6.42 Å². The van der Waals surface area contributed by atoms with Crippen molar-refractivity contribution in [1.29, 1.82) is 0 Å². The standard InChI is InChI=1S/C15H28N2O/c1-15(2)7-4-9-17(10-8-15)14(18)12-5-3-6-13(16)11-12/h12-13H,3-11,16H2,1-2H3. The van der Waals surface area contributed by atoms with Crippen LogP contribution >= 0.6 is 0 Å². The van der Waals surface area contributed by atoms with E-state index in [0.29, 0.717) is 11.3 Å². The molecule has 3 heteroatoms. The Morgan fingerprint density at radius 1 is 1.17 bits per heavy atom. The molecule has 2 atom stereocenters. The van der Waals surface area contributed by atoms with Crippen LogP contribution in [0.1, 0.15) is 58.8 Å². The topological polar surface area (TPSA) is 46.3 Å². The first-order valence-electron chi connectivity index (χ1n) is 7.52. The monoisotopic (exact) mass is 252 g/mol.